The van der Waals surface area contributed by atoms with Crippen LogP contribution in [-0.4, -0.2) is 34.2 Å². The Morgan fingerprint density at radius 3 is 2.68 bits per heavy atom. The van der Waals surface area contributed by atoms with Crippen molar-refractivity contribution in [3.8, 4) is 5.75 Å². The summed E-state index contributed by atoms with van der Waals surface area (Å²) in [5.41, 5.74) is 3.06. The van der Waals surface area contributed by atoms with Crippen molar-refractivity contribution in [3.63, 3.8) is 0 Å². The van der Waals surface area contributed by atoms with Crippen LogP contribution in [0.15, 0.2) is 45.6 Å². The molecule has 1 aliphatic heterocycles. The number of hydrogen-bond acceptors (Lipinski definition) is 5. The highest BCUT2D eigenvalue weighted by molar-refractivity contribution is 6.30. The zero-order valence-corrected chi connectivity index (χ0v) is 22.7. The molecule has 3 aliphatic rings. The van der Waals surface area contributed by atoms with Crippen LogP contribution in [0.5, 0.6) is 5.75 Å². The number of halogens is 1. The first-order valence-electron chi connectivity index (χ1n) is 13.8. The molecule has 2 heterocycles. The van der Waals surface area contributed by atoms with Crippen molar-refractivity contribution < 1.29 is 19.1 Å². The number of aryl methyl sites for hydroxylation is 2. The topological polar surface area (TPSA) is 80.0 Å². The maximum Gasteiger partial charge on any atom is 0.339 e. The van der Waals surface area contributed by atoms with Crippen molar-refractivity contribution >= 4 is 28.5 Å². The molecule has 6 nitrogen and oxygen atoms in total. The van der Waals surface area contributed by atoms with Crippen molar-refractivity contribution in [2.45, 2.75) is 83.0 Å². The predicted molar refractivity (Wildman–Crippen MR) is 147 cm³/mol. The van der Waals surface area contributed by atoms with Gasteiger partial charge >= 0.3 is 5.63 Å². The van der Waals surface area contributed by atoms with E-state index in [4.69, 9.17) is 20.8 Å². The molecule has 200 valence electrons. The third kappa shape index (κ3) is 4.32. The number of hydrogen-bond donors (Lipinski definition) is 1. The summed E-state index contributed by atoms with van der Waals surface area (Å²) in [5.74, 6) is 0.429. The summed E-state index contributed by atoms with van der Waals surface area (Å²) < 4.78 is 12.1. The second-order valence-corrected chi connectivity index (χ2v) is 11.8. The Balaban J connectivity index is 1.35. The molecule has 1 saturated heterocycles. The minimum atomic E-state index is -0.770. The first kappa shape index (κ1) is 25.4. The van der Waals surface area contributed by atoms with Gasteiger partial charge in [0.25, 0.3) is 5.91 Å². The van der Waals surface area contributed by atoms with Crippen LogP contribution in [0.4, 0.5) is 0 Å². The average Bonchev–Trinajstić information content (AvgIpc) is 3.38. The molecule has 3 aromatic rings. The fraction of sp³-hybridized carbons (Fsp3) is 0.484. The van der Waals surface area contributed by atoms with E-state index in [1.165, 1.54) is 0 Å². The number of ether oxygens (including phenoxy) is 1. The summed E-state index contributed by atoms with van der Waals surface area (Å²) in [7, 11) is 0. The van der Waals surface area contributed by atoms with E-state index in [1.807, 2.05) is 48.2 Å². The number of fused-ring (bicyclic) bond motifs is 4. The number of aliphatic hydroxyl groups is 1. The van der Waals surface area contributed by atoms with Crippen LogP contribution in [0.1, 0.15) is 73.7 Å². The van der Waals surface area contributed by atoms with E-state index in [2.05, 4.69) is 0 Å². The first-order valence-corrected chi connectivity index (χ1v) is 14.2. The van der Waals surface area contributed by atoms with Gasteiger partial charge in [-0.25, -0.2) is 4.79 Å². The number of piperidine rings is 1. The predicted octanol–water partition coefficient (Wildman–Crippen LogP) is 5.91. The van der Waals surface area contributed by atoms with Crippen LogP contribution in [0, 0.1) is 12.8 Å². The van der Waals surface area contributed by atoms with E-state index in [9.17, 15) is 14.7 Å². The van der Waals surface area contributed by atoms with Crippen molar-refractivity contribution in [3.05, 3.63) is 74.1 Å². The van der Waals surface area contributed by atoms with Gasteiger partial charge in [-0.2, -0.15) is 0 Å². The second kappa shape index (κ2) is 9.73. The normalized spacial score (nSPS) is 25.6. The summed E-state index contributed by atoms with van der Waals surface area (Å²) in [6, 6.07) is 11.2. The Hall–Kier alpha value is -2.83. The van der Waals surface area contributed by atoms with Crippen molar-refractivity contribution in [2.24, 2.45) is 5.92 Å². The molecule has 6 rings (SSSR count). The summed E-state index contributed by atoms with van der Waals surface area (Å²) >= 11 is 6.19. The molecule has 0 spiro atoms. The summed E-state index contributed by atoms with van der Waals surface area (Å²) in [4.78, 5) is 28.5. The van der Waals surface area contributed by atoms with Gasteiger partial charge in [0.1, 0.15) is 11.3 Å². The summed E-state index contributed by atoms with van der Waals surface area (Å²) in [5, 5.41) is 13.0. The van der Waals surface area contributed by atoms with Crippen LogP contribution in [0.3, 0.4) is 0 Å². The lowest BCUT2D eigenvalue weighted by molar-refractivity contribution is -0.161. The fourth-order valence-corrected chi connectivity index (χ4v) is 7.20. The Morgan fingerprint density at radius 1 is 1.13 bits per heavy atom. The lowest BCUT2D eigenvalue weighted by atomic mass is 9.66. The number of amides is 1. The Morgan fingerprint density at radius 2 is 1.89 bits per heavy atom. The minimum absolute atomic E-state index is 0.0420. The van der Waals surface area contributed by atoms with Crippen LogP contribution in [-0.2, 0) is 17.6 Å². The maximum absolute atomic E-state index is 14.1. The van der Waals surface area contributed by atoms with Gasteiger partial charge in [-0.1, -0.05) is 36.6 Å². The van der Waals surface area contributed by atoms with E-state index in [0.717, 1.165) is 66.2 Å². The van der Waals surface area contributed by atoms with E-state index in [1.54, 1.807) is 6.92 Å². The standard InChI is InChI=1S/C31H34ClNO5/c1-18-16-25(27-22-6-5-7-23(22)30(35)38-26(27)17-18)37-19(2)29(34)33-15-14-31(36)13-4-3-8-24(31)28(33)20-9-11-21(32)12-10-20/h9-12,16-17,19,24,28,36H,3-8,13-15H2,1-2H3. The molecule has 0 radical (unpaired) electrons. The Kier molecular flexibility index (Phi) is 6.51. The molecular weight excluding hydrogens is 502 g/mol. The highest BCUT2D eigenvalue weighted by Crippen LogP contribution is 2.49. The lowest BCUT2D eigenvalue weighted by Gasteiger charge is -2.53. The quantitative estimate of drug-likeness (QED) is 0.420. The third-order valence-electron chi connectivity index (χ3n) is 8.89. The SMILES string of the molecule is Cc1cc(OC(C)C(=O)N2CCC3(O)CCCCC3C2c2ccc(Cl)cc2)c2c3c(c(=O)oc2c1)CCC3. The molecular formula is C31H34ClNO5. The molecule has 1 saturated carbocycles. The Labute approximate surface area is 227 Å². The zero-order chi connectivity index (χ0) is 26.6. The molecule has 7 heteroatoms. The summed E-state index contributed by atoms with van der Waals surface area (Å²) in [6.07, 6.45) is 5.89. The zero-order valence-electron chi connectivity index (χ0n) is 22.0. The lowest BCUT2D eigenvalue weighted by Crippen LogP contribution is -2.58. The van der Waals surface area contributed by atoms with Crippen LogP contribution in [0.25, 0.3) is 11.0 Å². The number of likely N-dealkylation sites (tertiary alicyclic amines) is 1. The maximum atomic E-state index is 14.1. The smallest absolute Gasteiger partial charge is 0.339 e. The van der Waals surface area contributed by atoms with Gasteiger partial charge in [-0.15, -0.1) is 0 Å². The van der Waals surface area contributed by atoms with Gasteiger partial charge in [-0.3, -0.25) is 4.79 Å². The molecule has 2 aromatic carbocycles. The number of rotatable bonds is 4. The van der Waals surface area contributed by atoms with Gasteiger partial charge in [0.05, 0.1) is 17.0 Å². The molecule has 2 fully saturated rings. The third-order valence-corrected chi connectivity index (χ3v) is 9.14. The molecule has 1 N–H and O–H groups in total. The second-order valence-electron chi connectivity index (χ2n) is 11.3. The molecule has 4 atom stereocenters. The van der Waals surface area contributed by atoms with Crippen LogP contribution >= 0.6 is 11.6 Å². The Bertz CT molecular complexity index is 1450. The van der Waals surface area contributed by atoms with Gasteiger partial charge in [0.2, 0.25) is 0 Å². The molecule has 38 heavy (non-hydrogen) atoms. The van der Waals surface area contributed by atoms with E-state index in [0.29, 0.717) is 35.7 Å². The largest absolute Gasteiger partial charge is 0.480 e. The average molecular weight is 536 g/mol. The molecule has 1 amide bonds. The molecule has 2 aliphatic carbocycles. The van der Waals surface area contributed by atoms with Crippen LogP contribution < -0.4 is 10.4 Å². The number of carbonyl (C=O) groups is 1. The summed E-state index contributed by atoms with van der Waals surface area (Å²) in [6.45, 7) is 4.18. The minimum Gasteiger partial charge on any atom is -0.480 e. The highest BCUT2D eigenvalue weighted by Gasteiger charge is 2.50. The van der Waals surface area contributed by atoms with Gasteiger partial charge < -0.3 is 19.2 Å². The fourth-order valence-electron chi connectivity index (χ4n) is 7.07. The molecule has 0 bridgehead atoms. The van der Waals surface area contributed by atoms with Gasteiger partial charge in [0, 0.05) is 23.0 Å². The van der Waals surface area contributed by atoms with Crippen molar-refractivity contribution in [2.75, 3.05) is 6.54 Å². The van der Waals surface area contributed by atoms with Gasteiger partial charge in [-0.05, 0) is 93.3 Å². The number of nitrogens with zero attached hydrogens (tertiary/aromatic N) is 1. The van der Waals surface area contributed by atoms with Gasteiger partial charge in [0.15, 0.2) is 6.10 Å². The monoisotopic (exact) mass is 535 g/mol. The number of benzene rings is 2. The van der Waals surface area contributed by atoms with E-state index in [-0.39, 0.29) is 23.5 Å². The highest BCUT2D eigenvalue weighted by atomic mass is 35.5. The van der Waals surface area contributed by atoms with Crippen molar-refractivity contribution in [1.29, 1.82) is 0 Å². The molecule has 1 aromatic heterocycles. The van der Waals surface area contributed by atoms with Crippen LogP contribution in [0.2, 0.25) is 5.02 Å². The first-order chi connectivity index (χ1) is 18.2. The number of carbonyl (C=O) groups excluding carboxylic acids is 1. The van der Waals surface area contributed by atoms with E-state index >= 15 is 0 Å². The molecule has 4 unspecified atom stereocenters. The van der Waals surface area contributed by atoms with E-state index < -0.39 is 11.7 Å². The van der Waals surface area contributed by atoms with Crippen molar-refractivity contribution in [1.82, 2.24) is 4.90 Å².